The summed E-state index contributed by atoms with van der Waals surface area (Å²) in [7, 11) is -4.65. The van der Waals surface area contributed by atoms with Crippen LogP contribution in [-0.2, 0) is 20.0 Å². The van der Waals surface area contributed by atoms with Crippen molar-refractivity contribution in [2.45, 2.75) is 36.1 Å². The van der Waals surface area contributed by atoms with Crippen molar-refractivity contribution >= 4 is 20.0 Å². The Bertz CT molecular complexity index is 817. The molecule has 1 aromatic carbocycles. The number of benzene rings is 1. The molecule has 0 aromatic heterocycles. The number of nitrogens with two attached hydrogens (primary N) is 1. The Morgan fingerprint density at radius 2 is 1.75 bits per heavy atom. The van der Waals surface area contributed by atoms with Gasteiger partial charge in [0.05, 0.1) is 9.79 Å². The van der Waals surface area contributed by atoms with Crippen molar-refractivity contribution in [2.75, 3.05) is 27.2 Å². The number of rotatable bonds is 4. The van der Waals surface area contributed by atoms with Crippen LogP contribution in [0.3, 0.4) is 0 Å². The molecule has 0 spiro atoms. The monoisotopic (exact) mass is 375 g/mol. The van der Waals surface area contributed by atoms with Gasteiger partial charge in [-0.1, -0.05) is 19.9 Å². The Labute approximate surface area is 144 Å². The molecular weight excluding hydrogens is 350 g/mol. The Morgan fingerprint density at radius 3 is 2.29 bits per heavy atom. The van der Waals surface area contributed by atoms with Crippen LogP contribution in [0, 0.1) is 5.41 Å². The topological polar surface area (TPSA) is 101 Å². The maximum atomic E-state index is 12.9. The molecule has 0 radical (unpaired) electrons. The minimum absolute atomic E-state index is 0.0169. The van der Waals surface area contributed by atoms with Crippen LogP contribution in [-0.4, -0.2) is 58.7 Å². The summed E-state index contributed by atoms with van der Waals surface area (Å²) in [5.74, 6) is 0. The lowest BCUT2D eigenvalue weighted by atomic mass is 9.81. The van der Waals surface area contributed by atoms with Gasteiger partial charge < -0.3 is 5.73 Å². The molecule has 24 heavy (non-hydrogen) atoms. The molecule has 0 amide bonds. The average Bonchev–Trinajstić information content (AvgIpc) is 2.49. The molecule has 1 aliphatic heterocycles. The highest BCUT2D eigenvalue weighted by atomic mass is 32.2. The van der Waals surface area contributed by atoms with E-state index in [1.54, 1.807) is 0 Å². The third kappa shape index (κ3) is 3.50. The van der Waals surface area contributed by atoms with E-state index in [1.807, 2.05) is 13.8 Å². The van der Waals surface area contributed by atoms with Gasteiger partial charge in [0, 0.05) is 33.2 Å². The largest absolute Gasteiger partial charge is 0.327 e. The summed E-state index contributed by atoms with van der Waals surface area (Å²) in [5.41, 5.74) is 5.73. The number of piperidine rings is 1. The van der Waals surface area contributed by atoms with E-state index in [0.29, 0.717) is 19.5 Å². The van der Waals surface area contributed by atoms with Crippen molar-refractivity contribution in [1.82, 2.24) is 8.61 Å². The summed E-state index contributed by atoms with van der Waals surface area (Å²) < 4.78 is 52.7. The molecular formula is C15H25N3O4S2. The first kappa shape index (κ1) is 19.3. The van der Waals surface area contributed by atoms with Crippen molar-refractivity contribution in [2.24, 2.45) is 11.1 Å². The van der Waals surface area contributed by atoms with Crippen molar-refractivity contribution in [3.05, 3.63) is 24.3 Å². The van der Waals surface area contributed by atoms with E-state index in [0.717, 1.165) is 4.31 Å². The third-order valence-electron chi connectivity index (χ3n) is 4.50. The van der Waals surface area contributed by atoms with Gasteiger partial charge in [-0.25, -0.2) is 21.1 Å². The first-order chi connectivity index (χ1) is 10.9. The molecule has 0 bridgehead atoms. The molecule has 1 aromatic rings. The second kappa shape index (κ2) is 6.38. The highest BCUT2D eigenvalue weighted by Crippen LogP contribution is 2.31. The van der Waals surface area contributed by atoms with Crippen LogP contribution in [0.5, 0.6) is 0 Å². The SMILES string of the molecule is CN(C)S(=O)(=O)c1cccc(S(=O)(=O)N2CCC(N)C(C)(C)C2)c1. The van der Waals surface area contributed by atoms with Gasteiger partial charge in [0.2, 0.25) is 20.0 Å². The van der Waals surface area contributed by atoms with Crippen LogP contribution in [0.2, 0.25) is 0 Å². The highest BCUT2D eigenvalue weighted by Gasteiger charge is 2.39. The Hall–Kier alpha value is -1.00. The van der Waals surface area contributed by atoms with E-state index in [9.17, 15) is 16.8 Å². The van der Waals surface area contributed by atoms with Gasteiger partial charge in [-0.05, 0) is 30.0 Å². The fourth-order valence-corrected chi connectivity index (χ4v) is 5.38. The van der Waals surface area contributed by atoms with Gasteiger partial charge in [-0.2, -0.15) is 4.31 Å². The molecule has 9 heteroatoms. The summed E-state index contributed by atoms with van der Waals surface area (Å²) in [6.45, 7) is 4.51. The second-order valence-electron chi connectivity index (χ2n) is 6.98. The minimum atomic E-state index is -3.77. The number of hydrogen-bond donors (Lipinski definition) is 1. The van der Waals surface area contributed by atoms with Gasteiger partial charge in [0.15, 0.2) is 0 Å². The standard InChI is InChI=1S/C15H25N3O4S2/c1-15(2)11-18(9-8-14(15)16)24(21,22)13-7-5-6-12(10-13)23(19,20)17(3)4/h5-7,10,14H,8-9,11,16H2,1-4H3. The zero-order valence-electron chi connectivity index (χ0n) is 14.4. The number of sulfonamides is 2. The lowest BCUT2D eigenvalue weighted by Gasteiger charge is -2.41. The fourth-order valence-electron chi connectivity index (χ4n) is 2.68. The van der Waals surface area contributed by atoms with Crippen LogP contribution < -0.4 is 5.73 Å². The first-order valence-corrected chi connectivity index (χ1v) is 10.6. The maximum Gasteiger partial charge on any atom is 0.243 e. The lowest BCUT2D eigenvalue weighted by Crippen LogP contribution is -2.53. The Balaban J connectivity index is 2.41. The molecule has 7 nitrogen and oxygen atoms in total. The van der Waals surface area contributed by atoms with E-state index in [1.165, 1.54) is 42.7 Å². The van der Waals surface area contributed by atoms with E-state index in [4.69, 9.17) is 5.73 Å². The Kier molecular flexibility index (Phi) is 5.14. The van der Waals surface area contributed by atoms with E-state index in [2.05, 4.69) is 0 Å². The quantitative estimate of drug-likeness (QED) is 0.834. The molecule has 1 saturated heterocycles. The number of nitrogens with zero attached hydrogens (tertiary/aromatic N) is 2. The molecule has 1 atom stereocenters. The zero-order valence-corrected chi connectivity index (χ0v) is 16.1. The third-order valence-corrected chi connectivity index (χ3v) is 8.15. The zero-order chi connectivity index (χ0) is 18.3. The molecule has 1 aliphatic rings. The summed E-state index contributed by atoms with van der Waals surface area (Å²) >= 11 is 0. The van der Waals surface area contributed by atoms with Crippen LogP contribution in [0.25, 0.3) is 0 Å². The summed E-state index contributed by atoms with van der Waals surface area (Å²) in [5, 5.41) is 0. The highest BCUT2D eigenvalue weighted by molar-refractivity contribution is 7.90. The molecule has 0 aliphatic carbocycles. The molecule has 136 valence electrons. The van der Waals surface area contributed by atoms with Crippen LogP contribution in [0.15, 0.2) is 34.1 Å². The Morgan fingerprint density at radius 1 is 1.17 bits per heavy atom. The van der Waals surface area contributed by atoms with Crippen LogP contribution in [0.4, 0.5) is 0 Å². The van der Waals surface area contributed by atoms with Gasteiger partial charge in [-0.3, -0.25) is 0 Å². The fraction of sp³-hybridized carbons (Fsp3) is 0.600. The smallest absolute Gasteiger partial charge is 0.243 e. The van der Waals surface area contributed by atoms with Crippen molar-refractivity contribution in [3.8, 4) is 0 Å². The predicted molar refractivity (Wildman–Crippen MR) is 92.4 cm³/mol. The van der Waals surface area contributed by atoms with Crippen molar-refractivity contribution in [1.29, 1.82) is 0 Å². The molecule has 2 rings (SSSR count). The van der Waals surface area contributed by atoms with E-state index >= 15 is 0 Å². The van der Waals surface area contributed by atoms with E-state index in [-0.39, 0.29) is 21.2 Å². The summed E-state index contributed by atoms with van der Waals surface area (Å²) in [4.78, 5) is -0.0572. The van der Waals surface area contributed by atoms with Crippen molar-refractivity contribution < 1.29 is 16.8 Å². The molecule has 1 fully saturated rings. The second-order valence-corrected chi connectivity index (χ2v) is 11.1. The first-order valence-electron chi connectivity index (χ1n) is 7.67. The molecule has 1 unspecified atom stereocenters. The van der Waals surface area contributed by atoms with Crippen LogP contribution in [0.1, 0.15) is 20.3 Å². The minimum Gasteiger partial charge on any atom is -0.327 e. The lowest BCUT2D eigenvalue weighted by molar-refractivity contribution is 0.155. The predicted octanol–water partition coefficient (Wildman–Crippen LogP) is 0.685. The number of hydrogen-bond acceptors (Lipinski definition) is 5. The normalized spacial score (nSPS) is 22.7. The van der Waals surface area contributed by atoms with Gasteiger partial charge in [0.1, 0.15) is 0 Å². The summed E-state index contributed by atoms with van der Waals surface area (Å²) in [6, 6.07) is 5.41. The van der Waals surface area contributed by atoms with Gasteiger partial charge >= 0.3 is 0 Å². The molecule has 0 saturated carbocycles. The summed E-state index contributed by atoms with van der Waals surface area (Å²) in [6.07, 6.45) is 0.571. The van der Waals surface area contributed by atoms with Gasteiger partial charge in [-0.15, -0.1) is 0 Å². The van der Waals surface area contributed by atoms with Crippen LogP contribution >= 0.6 is 0 Å². The van der Waals surface area contributed by atoms with Crippen molar-refractivity contribution in [3.63, 3.8) is 0 Å². The van der Waals surface area contributed by atoms with Gasteiger partial charge in [0.25, 0.3) is 0 Å². The molecule has 2 N–H and O–H groups in total. The average molecular weight is 376 g/mol. The molecule has 1 heterocycles. The van der Waals surface area contributed by atoms with E-state index < -0.39 is 20.0 Å². The maximum absolute atomic E-state index is 12.9.